The summed E-state index contributed by atoms with van der Waals surface area (Å²) >= 11 is 6.13. The summed E-state index contributed by atoms with van der Waals surface area (Å²) in [6, 6.07) is 12.3. The summed E-state index contributed by atoms with van der Waals surface area (Å²) in [5.74, 6) is 0.751. The van der Waals surface area contributed by atoms with Gasteiger partial charge >= 0.3 is 5.97 Å². The van der Waals surface area contributed by atoms with E-state index in [9.17, 15) is 4.79 Å². The summed E-state index contributed by atoms with van der Waals surface area (Å²) in [6.07, 6.45) is 0. The number of carbonyl (C=O) groups excluding carboxylic acids is 1. The van der Waals surface area contributed by atoms with Crippen molar-refractivity contribution in [3.63, 3.8) is 0 Å². The van der Waals surface area contributed by atoms with Gasteiger partial charge < -0.3 is 19.5 Å². The zero-order valence-corrected chi connectivity index (χ0v) is 15.3. The van der Waals surface area contributed by atoms with E-state index < -0.39 is 5.97 Å². The average Bonchev–Trinajstić information content (AvgIpc) is 2.67. The van der Waals surface area contributed by atoms with Crippen LogP contribution in [0.5, 0.6) is 11.5 Å². The van der Waals surface area contributed by atoms with E-state index in [1.54, 1.807) is 44.6 Å². The highest BCUT2D eigenvalue weighted by atomic mass is 35.5. The number of hydrogen-bond acceptors (Lipinski definition) is 6. The standard InChI is InChI=1S/C19H17ClN2O4/c1-24-13-7-12(8-14(9-13)25-2)21-17-10-18(19(23)26-3)22-16-5-4-11(20)6-15(16)17/h4-10H,1-3H3,(H,21,22). The Morgan fingerprint density at radius 2 is 1.69 bits per heavy atom. The van der Waals surface area contributed by atoms with Gasteiger partial charge in [0, 0.05) is 34.3 Å². The Balaban J connectivity index is 2.14. The summed E-state index contributed by atoms with van der Waals surface area (Å²) in [5.41, 5.74) is 2.20. The predicted molar refractivity (Wildman–Crippen MR) is 101 cm³/mol. The summed E-state index contributed by atoms with van der Waals surface area (Å²) in [5, 5.41) is 4.61. The van der Waals surface area contributed by atoms with Gasteiger partial charge in [-0.05, 0) is 24.3 Å². The molecule has 2 aromatic carbocycles. The van der Waals surface area contributed by atoms with Crippen LogP contribution in [0.15, 0.2) is 42.5 Å². The monoisotopic (exact) mass is 372 g/mol. The molecule has 0 bridgehead atoms. The molecule has 7 heteroatoms. The van der Waals surface area contributed by atoms with Crippen LogP contribution < -0.4 is 14.8 Å². The number of aromatic nitrogens is 1. The number of nitrogens with one attached hydrogen (secondary N) is 1. The molecule has 0 fully saturated rings. The molecule has 6 nitrogen and oxygen atoms in total. The van der Waals surface area contributed by atoms with Crippen molar-refractivity contribution >= 4 is 39.8 Å². The molecular formula is C19H17ClN2O4. The second kappa shape index (κ2) is 7.49. The maximum Gasteiger partial charge on any atom is 0.356 e. The molecular weight excluding hydrogens is 356 g/mol. The molecule has 1 aromatic heterocycles. The molecule has 0 amide bonds. The number of fused-ring (bicyclic) bond motifs is 1. The first kappa shape index (κ1) is 17.8. The maximum absolute atomic E-state index is 12.0. The van der Waals surface area contributed by atoms with E-state index in [1.807, 2.05) is 12.1 Å². The van der Waals surface area contributed by atoms with Crippen LogP contribution in [-0.2, 0) is 4.74 Å². The third kappa shape index (κ3) is 3.65. The SMILES string of the molecule is COC(=O)c1cc(Nc2cc(OC)cc(OC)c2)c2cc(Cl)ccc2n1. The molecule has 3 rings (SSSR count). The highest BCUT2D eigenvalue weighted by molar-refractivity contribution is 6.31. The highest BCUT2D eigenvalue weighted by Gasteiger charge is 2.14. The number of benzene rings is 2. The van der Waals surface area contributed by atoms with Crippen LogP contribution >= 0.6 is 11.6 Å². The zero-order chi connectivity index (χ0) is 18.7. The number of ether oxygens (including phenoxy) is 3. The van der Waals surface area contributed by atoms with Crippen LogP contribution in [0.1, 0.15) is 10.5 Å². The van der Waals surface area contributed by atoms with E-state index >= 15 is 0 Å². The molecule has 0 atom stereocenters. The first-order chi connectivity index (χ1) is 12.5. The second-order valence-electron chi connectivity index (χ2n) is 5.43. The minimum atomic E-state index is -0.520. The lowest BCUT2D eigenvalue weighted by molar-refractivity contribution is 0.0594. The quantitative estimate of drug-likeness (QED) is 0.668. The molecule has 0 aliphatic carbocycles. The van der Waals surface area contributed by atoms with Crippen LogP contribution in [0.3, 0.4) is 0 Å². The third-order valence-electron chi connectivity index (χ3n) is 3.80. The topological polar surface area (TPSA) is 69.7 Å². The summed E-state index contributed by atoms with van der Waals surface area (Å²) < 4.78 is 15.4. The predicted octanol–water partition coefficient (Wildman–Crippen LogP) is 4.44. The van der Waals surface area contributed by atoms with Gasteiger partial charge in [0.1, 0.15) is 11.5 Å². The molecule has 0 radical (unpaired) electrons. The van der Waals surface area contributed by atoms with Gasteiger partial charge in [-0.15, -0.1) is 0 Å². The van der Waals surface area contributed by atoms with E-state index in [2.05, 4.69) is 10.3 Å². The Morgan fingerprint density at radius 3 is 2.31 bits per heavy atom. The molecule has 134 valence electrons. The van der Waals surface area contributed by atoms with Crippen molar-refractivity contribution in [2.75, 3.05) is 26.6 Å². The Morgan fingerprint density at radius 1 is 1.00 bits per heavy atom. The lowest BCUT2D eigenvalue weighted by Gasteiger charge is -2.14. The van der Waals surface area contributed by atoms with Crippen molar-refractivity contribution < 1.29 is 19.0 Å². The fourth-order valence-corrected chi connectivity index (χ4v) is 2.72. The normalized spacial score (nSPS) is 10.5. The van der Waals surface area contributed by atoms with Gasteiger partial charge in [0.15, 0.2) is 5.69 Å². The summed E-state index contributed by atoms with van der Waals surface area (Å²) in [4.78, 5) is 16.3. The van der Waals surface area contributed by atoms with Gasteiger partial charge in [0.05, 0.1) is 32.5 Å². The number of methoxy groups -OCH3 is 3. The van der Waals surface area contributed by atoms with Crippen LogP contribution in [0.4, 0.5) is 11.4 Å². The van der Waals surface area contributed by atoms with Crippen LogP contribution in [-0.4, -0.2) is 32.3 Å². The number of nitrogens with zero attached hydrogens (tertiary/aromatic N) is 1. The number of rotatable bonds is 5. The van der Waals surface area contributed by atoms with Crippen LogP contribution in [0.25, 0.3) is 10.9 Å². The zero-order valence-electron chi connectivity index (χ0n) is 14.5. The molecule has 0 saturated carbocycles. The van der Waals surface area contributed by atoms with Crippen molar-refractivity contribution in [2.45, 2.75) is 0 Å². The van der Waals surface area contributed by atoms with Crippen molar-refractivity contribution in [3.05, 3.63) is 53.2 Å². The molecule has 3 aromatic rings. The lowest BCUT2D eigenvalue weighted by Crippen LogP contribution is -2.06. The van der Waals surface area contributed by atoms with Gasteiger partial charge in [-0.2, -0.15) is 0 Å². The molecule has 1 heterocycles. The molecule has 0 spiro atoms. The minimum absolute atomic E-state index is 0.194. The number of halogens is 1. The Kier molecular flexibility index (Phi) is 5.14. The minimum Gasteiger partial charge on any atom is -0.497 e. The van der Waals surface area contributed by atoms with E-state index in [-0.39, 0.29) is 5.69 Å². The van der Waals surface area contributed by atoms with Gasteiger partial charge in [-0.1, -0.05) is 11.6 Å². The fourth-order valence-electron chi connectivity index (χ4n) is 2.55. The van der Waals surface area contributed by atoms with Crippen molar-refractivity contribution in [1.82, 2.24) is 4.98 Å². The Bertz CT molecular complexity index is 953. The summed E-state index contributed by atoms with van der Waals surface area (Å²) in [7, 11) is 4.47. The van der Waals surface area contributed by atoms with E-state index in [4.69, 9.17) is 25.8 Å². The van der Waals surface area contributed by atoms with Crippen molar-refractivity contribution in [3.8, 4) is 11.5 Å². The van der Waals surface area contributed by atoms with Crippen molar-refractivity contribution in [2.24, 2.45) is 0 Å². The first-order valence-corrected chi connectivity index (χ1v) is 8.10. The Labute approximate surface area is 155 Å². The van der Waals surface area contributed by atoms with Crippen LogP contribution in [0, 0.1) is 0 Å². The van der Waals surface area contributed by atoms with E-state index in [1.165, 1.54) is 7.11 Å². The summed E-state index contributed by atoms with van der Waals surface area (Å²) in [6.45, 7) is 0. The lowest BCUT2D eigenvalue weighted by atomic mass is 10.1. The molecule has 0 aliphatic rings. The highest BCUT2D eigenvalue weighted by Crippen LogP contribution is 2.32. The molecule has 0 saturated heterocycles. The smallest absolute Gasteiger partial charge is 0.356 e. The largest absolute Gasteiger partial charge is 0.497 e. The average molecular weight is 373 g/mol. The number of pyridine rings is 1. The van der Waals surface area contributed by atoms with E-state index in [0.29, 0.717) is 27.7 Å². The van der Waals surface area contributed by atoms with Crippen LogP contribution in [0.2, 0.25) is 5.02 Å². The first-order valence-electron chi connectivity index (χ1n) is 7.72. The number of hydrogen-bond donors (Lipinski definition) is 1. The second-order valence-corrected chi connectivity index (χ2v) is 5.87. The van der Waals surface area contributed by atoms with Gasteiger partial charge in [0.2, 0.25) is 0 Å². The molecule has 0 unspecified atom stereocenters. The fraction of sp³-hybridized carbons (Fsp3) is 0.158. The van der Waals surface area contributed by atoms with Gasteiger partial charge in [-0.3, -0.25) is 0 Å². The number of esters is 1. The van der Waals surface area contributed by atoms with Gasteiger partial charge in [-0.25, -0.2) is 9.78 Å². The van der Waals surface area contributed by atoms with Gasteiger partial charge in [0.25, 0.3) is 0 Å². The number of anilines is 2. The Hall–Kier alpha value is -2.99. The van der Waals surface area contributed by atoms with Crippen molar-refractivity contribution in [1.29, 1.82) is 0 Å². The van der Waals surface area contributed by atoms with E-state index in [0.717, 1.165) is 11.1 Å². The number of carbonyl (C=O) groups is 1. The third-order valence-corrected chi connectivity index (χ3v) is 4.03. The molecule has 1 N–H and O–H groups in total. The molecule has 0 aliphatic heterocycles. The molecule has 26 heavy (non-hydrogen) atoms. The maximum atomic E-state index is 12.0.